The van der Waals surface area contributed by atoms with E-state index < -0.39 is 0 Å². The van der Waals surface area contributed by atoms with Crippen LogP contribution in [0.25, 0.3) is 0 Å². The molecule has 1 aliphatic carbocycles. The van der Waals surface area contributed by atoms with Crippen molar-refractivity contribution in [2.45, 2.75) is 38.2 Å². The molecule has 1 aromatic rings. The van der Waals surface area contributed by atoms with Gasteiger partial charge in [0.25, 0.3) is 0 Å². The molecule has 1 heterocycles. The van der Waals surface area contributed by atoms with Gasteiger partial charge in [-0.05, 0) is 55.7 Å². The van der Waals surface area contributed by atoms with Crippen LogP contribution in [0, 0.1) is 11.8 Å². The van der Waals surface area contributed by atoms with Crippen LogP contribution in [0.2, 0.25) is 5.02 Å². The molecule has 3 unspecified atom stereocenters. The summed E-state index contributed by atoms with van der Waals surface area (Å²) >= 11 is 5.90. The van der Waals surface area contributed by atoms with Gasteiger partial charge >= 0.3 is 0 Å². The van der Waals surface area contributed by atoms with Gasteiger partial charge in [0.2, 0.25) is 5.91 Å². The maximum atomic E-state index is 12.5. The highest BCUT2D eigenvalue weighted by Gasteiger charge is 2.46. The largest absolute Gasteiger partial charge is 0.393 e. The van der Waals surface area contributed by atoms with Gasteiger partial charge in [0, 0.05) is 24.0 Å². The quantitative estimate of drug-likeness (QED) is 0.932. The number of rotatable bonds is 3. The summed E-state index contributed by atoms with van der Waals surface area (Å²) < 4.78 is 0. The van der Waals surface area contributed by atoms with Crippen LogP contribution in [0.15, 0.2) is 24.3 Å². The van der Waals surface area contributed by atoms with Crippen LogP contribution in [-0.2, 0) is 4.79 Å². The summed E-state index contributed by atoms with van der Waals surface area (Å²) in [7, 11) is 0. The number of halogens is 1. The van der Waals surface area contributed by atoms with Gasteiger partial charge < -0.3 is 10.0 Å². The number of benzene rings is 1. The molecule has 0 bridgehead atoms. The summed E-state index contributed by atoms with van der Waals surface area (Å²) in [5.41, 5.74) is 1.22. The molecule has 0 aromatic heterocycles. The number of aliphatic hydroxyl groups excluding tert-OH is 1. The van der Waals surface area contributed by atoms with E-state index in [1.165, 1.54) is 5.56 Å². The molecule has 1 aromatic carbocycles. The third-order valence-corrected chi connectivity index (χ3v) is 5.19. The Labute approximate surface area is 130 Å². The highest BCUT2D eigenvalue weighted by Crippen LogP contribution is 2.48. The van der Waals surface area contributed by atoms with E-state index in [1.54, 1.807) is 0 Å². The van der Waals surface area contributed by atoms with E-state index in [0.717, 1.165) is 37.4 Å². The normalized spacial score (nSPS) is 27.5. The predicted octanol–water partition coefficient (Wildman–Crippen LogP) is 3.06. The first kappa shape index (κ1) is 14.9. The van der Waals surface area contributed by atoms with Gasteiger partial charge in [-0.1, -0.05) is 23.7 Å². The Morgan fingerprint density at radius 2 is 1.90 bits per heavy atom. The second kappa shape index (κ2) is 5.98. The number of piperidine rings is 1. The molecule has 1 amide bonds. The average molecular weight is 308 g/mol. The van der Waals surface area contributed by atoms with E-state index in [0.29, 0.717) is 17.7 Å². The van der Waals surface area contributed by atoms with Crippen molar-refractivity contribution in [1.82, 2.24) is 4.90 Å². The summed E-state index contributed by atoms with van der Waals surface area (Å²) in [6.45, 7) is 3.43. The Morgan fingerprint density at radius 1 is 1.29 bits per heavy atom. The average Bonchev–Trinajstić information content (AvgIpc) is 3.28. The number of carbonyl (C=O) groups is 1. The molecule has 3 atom stereocenters. The minimum atomic E-state index is -0.259. The molecule has 0 spiro atoms. The number of aliphatic hydroxyl groups is 1. The van der Waals surface area contributed by atoms with Crippen LogP contribution in [0.5, 0.6) is 0 Å². The maximum Gasteiger partial charge on any atom is 0.226 e. The fraction of sp³-hybridized carbons (Fsp3) is 0.588. The van der Waals surface area contributed by atoms with Crippen molar-refractivity contribution in [3.05, 3.63) is 34.9 Å². The molecule has 3 nitrogen and oxygen atoms in total. The molecular formula is C17H22ClNO2. The first-order valence-corrected chi connectivity index (χ1v) is 8.16. The van der Waals surface area contributed by atoms with Crippen molar-refractivity contribution in [1.29, 1.82) is 0 Å². The van der Waals surface area contributed by atoms with Crippen molar-refractivity contribution in [3.63, 3.8) is 0 Å². The van der Waals surface area contributed by atoms with Gasteiger partial charge in [0.05, 0.1) is 6.10 Å². The van der Waals surface area contributed by atoms with Crippen LogP contribution in [0.3, 0.4) is 0 Å². The standard InChI is InChI=1S/C17H22ClNO2/c1-11(20)12-6-8-19(9-7-12)17(21)16-10-15(16)13-2-4-14(18)5-3-13/h2-5,11-12,15-16,20H,6-10H2,1H3. The Bertz CT molecular complexity index is 506. The summed E-state index contributed by atoms with van der Waals surface area (Å²) in [5, 5.41) is 10.4. The molecule has 1 N–H and O–H groups in total. The number of amides is 1. The fourth-order valence-corrected chi connectivity index (χ4v) is 3.51. The lowest BCUT2D eigenvalue weighted by atomic mass is 9.92. The zero-order valence-electron chi connectivity index (χ0n) is 12.3. The molecule has 3 rings (SSSR count). The topological polar surface area (TPSA) is 40.5 Å². The monoisotopic (exact) mass is 307 g/mol. The van der Waals surface area contributed by atoms with Crippen LogP contribution in [-0.4, -0.2) is 35.1 Å². The second-order valence-corrected chi connectivity index (χ2v) is 6.84. The Morgan fingerprint density at radius 3 is 2.48 bits per heavy atom. The maximum absolute atomic E-state index is 12.5. The molecular weight excluding hydrogens is 286 g/mol. The summed E-state index contributed by atoms with van der Waals surface area (Å²) in [5.74, 6) is 1.15. The summed E-state index contributed by atoms with van der Waals surface area (Å²) in [6, 6.07) is 7.84. The highest BCUT2D eigenvalue weighted by atomic mass is 35.5. The van der Waals surface area contributed by atoms with Gasteiger partial charge in [-0.15, -0.1) is 0 Å². The third-order valence-electron chi connectivity index (χ3n) is 4.94. The van der Waals surface area contributed by atoms with E-state index in [-0.39, 0.29) is 12.0 Å². The van der Waals surface area contributed by atoms with E-state index >= 15 is 0 Å². The van der Waals surface area contributed by atoms with Crippen LogP contribution < -0.4 is 0 Å². The molecule has 4 heteroatoms. The van der Waals surface area contributed by atoms with E-state index in [2.05, 4.69) is 0 Å². The molecule has 1 saturated carbocycles. The molecule has 1 saturated heterocycles. The van der Waals surface area contributed by atoms with Crippen molar-refractivity contribution in [3.8, 4) is 0 Å². The minimum Gasteiger partial charge on any atom is -0.393 e. The van der Waals surface area contributed by atoms with Crippen molar-refractivity contribution >= 4 is 17.5 Å². The Balaban J connectivity index is 1.55. The van der Waals surface area contributed by atoms with Crippen LogP contribution in [0.1, 0.15) is 37.7 Å². The van der Waals surface area contributed by atoms with Gasteiger partial charge in [-0.3, -0.25) is 4.79 Å². The van der Waals surface area contributed by atoms with E-state index in [4.69, 9.17) is 11.6 Å². The second-order valence-electron chi connectivity index (χ2n) is 6.40. The Kier molecular flexibility index (Phi) is 4.23. The highest BCUT2D eigenvalue weighted by molar-refractivity contribution is 6.30. The first-order valence-electron chi connectivity index (χ1n) is 7.78. The Hall–Kier alpha value is -1.06. The smallest absolute Gasteiger partial charge is 0.226 e. The lowest BCUT2D eigenvalue weighted by molar-refractivity contribution is -0.134. The zero-order valence-corrected chi connectivity index (χ0v) is 13.1. The van der Waals surface area contributed by atoms with Gasteiger partial charge in [-0.25, -0.2) is 0 Å². The summed E-state index contributed by atoms with van der Waals surface area (Å²) in [4.78, 5) is 14.5. The zero-order chi connectivity index (χ0) is 15.0. The molecule has 2 aliphatic rings. The fourth-order valence-electron chi connectivity index (χ4n) is 3.38. The molecule has 0 radical (unpaired) electrons. The SMILES string of the molecule is CC(O)C1CCN(C(=O)C2CC2c2ccc(Cl)cc2)CC1. The van der Waals surface area contributed by atoms with E-state index in [9.17, 15) is 9.90 Å². The third kappa shape index (κ3) is 3.24. The number of hydrogen-bond acceptors (Lipinski definition) is 2. The number of nitrogens with zero attached hydrogens (tertiary/aromatic N) is 1. The van der Waals surface area contributed by atoms with Crippen LogP contribution >= 0.6 is 11.6 Å². The predicted molar refractivity (Wildman–Crippen MR) is 83.3 cm³/mol. The number of hydrogen-bond donors (Lipinski definition) is 1. The van der Waals surface area contributed by atoms with Gasteiger partial charge in [0.1, 0.15) is 0 Å². The minimum absolute atomic E-state index is 0.147. The first-order chi connectivity index (χ1) is 10.1. The van der Waals surface area contributed by atoms with Gasteiger partial charge in [-0.2, -0.15) is 0 Å². The number of likely N-dealkylation sites (tertiary alicyclic amines) is 1. The lowest BCUT2D eigenvalue weighted by Gasteiger charge is -2.33. The van der Waals surface area contributed by atoms with Crippen LogP contribution in [0.4, 0.5) is 0 Å². The number of carbonyl (C=O) groups excluding carboxylic acids is 1. The lowest BCUT2D eigenvalue weighted by Crippen LogP contribution is -2.41. The molecule has 21 heavy (non-hydrogen) atoms. The van der Waals surface area contributed by atoms with Crippen molar-refractivity contribution < 1.29 is 9.90 Å². The molecule has 2 fully saturated rings. The molecule has 1 aliphatic heterocycles. The van der Waals surface area contributed by atoms with Crippen molar-refractivity contribution in [2.24, 2.45) is 11.8 Å². The molecule has 114 valence electrons. The van der Waals surface area contributed by atoms with Crippen molar-refractivity contribution in [2.75, 3.05) is 13.1 Å². The van der Waals surface area contributed by atoms with Gasteiger partial charge in [0.15, 0.2) is 0 Å². The summed E-state index contributed by atoms with van der Waals surface area (Å²) in [6.07, 6.45) is 2.53. The van der Waals surface area contributed by atoms with E-state index in [1.807, 2.05) is 36.1 Å².